The summed E-state index contributed by atoms with van der Waals surface area (Å²) in [5.74, 6) is 0.986. The summed E-state index contributed by atoms with van der Waals surface area (Å²) < 4.78 is 10.2. The minimum absolute atomic E-state index is 0.0676. The minimum Gasteiger partial charge on any atom is -0.468 e. The summed E-state index contributed by atoms with van der Waals surface area (Å²) in [4.78, 5) is 13.7. The molecule has 1 aliphatic rings. The molecule has 1 aliphatic heterocycles. The van der Waals surface area contributed by atoms with Crippen molar-refractivity contribution in [2.45, 2.75) is 13.3 Å². The van der Waals surface area contributed by atoms with Gasteiger partial charge in [0.25, 0.3) is 0 Å². The molecule has 0 radical (unpaired) electrons. The molecule has 4 nitrogen and oxygen atoms in total. The van der Waals surface area contributed by atoms with Crippen LogP contribution in [0.5, 0.6) is 5.75 Å². The van der Waals surface area contributed by atoms with E-state index in [-0.39, 0.29) is 18.6 Å². The molecule has 1 heterocycles. The molecule has 1 amide bonds. The van der Waals surface area contributed by atoms with Crippen LogP contribution in [0.15, 0.2) is 30.3 Å². The number of allylic oxidation sites excluding steroid dienone is 1. The maximum Gasteiger partial charge on any atom is 0.229 e. The van der Waals surface area contributed by atoms with Crippen LogP contribution < -0.4 is 4.74 Å². The first-order valence-corrected chi connectivity index (χ1v) is 6.33. The van der Waals surface area contributed by atoms with Crippen LogP contribution in [0, 0.1) is 5.92 Å². The maximum absolute atomic E-state index is 12.0. The maximum atomic E-state index is 12.0. The van der Waals surface area contributed by atoms with E-state index in [2.05, 4.69) is 6.08 Å². The number of benzene rings is 1. The van der Waals surface area contributed by atoms with Gasteiger partial charge in [0.2, 0.25) is 5.91 Å². The van der Waals surface area contributed by atoms with Crippen molar-refractivity contribution < 1.29 is 14.3 Å². The van der Waals surface area contributed by atoms with Gasteiger partial charge in [0.1, 0.15) is 5.75 Å². The number of carbonyl (C=O) groups excluding carboxylic acids is 1. The van der Waals surface area contributed by atoms with E-state index in [4.69, 9.17) is 9.47 Å². The molecule has 0 saturated carbocycles. The summed E-state index contributed by atoms with van der Waals surface area (Å²) in [6.45, 7) is 2.19. The number of amides is 1. The van der Waals surface area contributed by atoms with Gasteiger partial charge in [0, 0.05) is 25.8 Å². The Morgan fingerprint density at radius 3 is 2.63 bits per heavy atom. The van der Waals surface area contributed by atoms with E-state index in [1.54, 1.807) is 12.0 Å². The lowest BCUT2D eigenvalue weighted by molar-refractivity contribution is -0.131. The topological polar surface area (TPSA) is 38.8 Å². The van der Waals surface area contributed by atoms with Crippen molar-refractivity contribution in [1.82, 2.24) is 4.90 Å². The number of carbonyl (C=O) groups is 1. The Morgan fingerprint density at radius 2 is 2.00 bits per heavy atom. The Hall–Kier alpha value is -1.81. The van der Waals surface area contributed by atoms with E-state index < -0.39 is 0 Å². The molecule has 1 aromatic rings. The zero-order valence-electron chi connectivity index (χ0n) is 11.6. The van der Waals surface area contributed by atoms with Gasteiger partial charge in [0.05, 0.1) is 0 Å². The van der Waals surface area contributed by atoms with Gasteiger partial charge in [-0.25, -0.2) is 0 Å². The van der Waals surface area contributed by atoms with E-state index in [1.807, 2.05) is 38.2 Å². The first kappa shape index (κ1) is 13.6. The fourth-order valence-corrected chi connectivity index (χ4v) is 2.14. The summed E-state index contributed by atoms with van der Waals surface area (Å²) in [7, 11) is 3.40. The quantitative estimate of drug-likeness (QED) is 0.782. The molecule has 2 rings (SSSR count). The third-order valence-corrected chi connectivity index (χ3v) is 3.27. The summed E-state index contributed by atoms with van der Waals surface area (Å²) in [5, 5.41) is 0. The second-order valence-electron chi connectivity index (χ2n) is 4.70. The molecule has 1 aromatic carbocycles. The molecule has 1 atom stereocenters. The smallest absolute Gasteiger partial charge is 0.229 e. The molecular formula is C15H19NO3. The molecule has 0 saturated heterocycles. The van der Waals surface area contributed by atoms with Crippen molar-refractivity contribution in [2.75, 3.05) is 21.0 Å². The number of hydrogen-bond acceptors (Lipinski definition) is 3. The number of ether oxygens (including phenoxy) is 2. The van der Waals surface area contributed by atoms with Crippen LogP contribution in [-0.4, -0.2) is 31.8 Å². The Kier molecular flexibility index (Phi) is 4.22. The van der Waals surface area contributed by atoms with Gasteiger partial charge in [0.15, 0.2) is 6.79 Å². The zero-order valence-corrected chi connectivity index (χ0v) is 11.6. The molecule has 19 heavy (non-hydrogen) atoms. The Labute approximate surface area is 113 Å². The second-order valence-corrected chi connectivity index (χ2v) is 4.70. The van der Waals surface area contributed by atoms with Crippen molar-refractivity contribution in [2.24, 2.45) is 5.92 Å². The van der Waals surface area contributed by atoms with E-state index >= 15 is 0 Å². The van der Waals surface area contributed by atoms with Crippen molar-refractivity contribution in [1.29, 1.82) is 0 Å². The predicted molar refractivity (Wildman–Crippen MR) is 73.5 cm³/mol. The van der Waals surface area contributed by atoms with Crippen molar-refractivity contribution >= 4 is 11.6 Å². The van der Waals surface area contributed by atoms with E-state index in [1.165, 1.54) is 0 Å². The molecular weight excluding hydrogens is 242 g/mol. The Morgan fingerprint density at radius 1 is 1.32 bits per heavy atom. The summed E-state index contributed by atoms with van der Waals surface area (Å²) in [6.07, 6.45) is 2.90. The Bertz CT molecular complexity index is 479. The lowest BCUT2D eigenvalue weighted by atomic mass is 9.98. The van der Waals surface area contributed by atoms with Gasteiger partial charge in [-0.1, -0.05) is 13.0 Å². The van der Waals surface area contributed by atoms with Crippen LogP contribution in [-0.2, 0) is 9.53 Å². The van der Waals surface area contributed by atoms with Gasteiger partial charge in [-0.15, -0.1) is 0 Å². The van der Waals surface area contributed by atoms with Crippen LogP contribution in [0.25, 0.3) is 5.70 Å². The molecule has 1 unspecified atom stereocenters. The monoisotopic (exact) mass is 261 g/mol. The van der Waals surface area contributed by atoms with E-state index in [9.17, 15) is 4.79 Å². The highest BCUT2D eigenvalue weighted by molar-refractivity contribution is 5.90. The lowest BCUT2D eigenvalue weighted by Crippen LogP contribution is -2.33. The van der Waals surface area contributed by atoms with Crippen molar-refractivity contribution in [3.05, 3.63) is 35.9 Å². The normalized spacial score (nSPS) is 19.3. The highest BCUT2D eigenvalue weighted by atomic mass is 16.7. The van der Waals surface area contributed by atoms with Gasteiger partial charge in [-0.2, -0.15) is 0 Å². The van der Waals surface area contributed by atoms with E-state index in [0.717, 1.165) is 23.4 Å². The molecule has 0 aromatic heterocycles. The largest absolute Gasteiger partial charge is 0.468 e. The summed E-state index contributed by atoms with van der Waals surface area (Å²) >= 11 is 0. The van der Waals surface area contributed by atoms with Gasteiger partial charge < -0.3 is 14.4 Å². The molecule has 102 valence electrons. The number of rotatable bonds is 4. The molecule has 0 aliphatic carbocycles. The summed E-state index contributed by atoms with van der Waals surface area (Å²) in [6, 6.07) is 7.67. The minimum atomic E-state index is 0.0676. The first-order chi connectivity index (χ1) is 9.13. The van der Waals surface area contributed by atoms with Crippen LogP contribution >= 0.6 is 0 Å². The summed E-state index contributed by atoms with van der Waals surface area (Å²) in [5.41, 5.74) is 1.98. The number of nitrogens with zero attached hydrogens (tertiary/aromatic N) is 1. The fraction of sp³-hybridized carbons (Fsp3) is 0.400. The number of hydrogen-bond donors (Lipinski definition) is 0. The molecule has 4 heteroatoms. The average molecular weight is 261 g/mol. The van der Waals surface area contributed by atoms with Crippen LogP contribution in [0.1, 0.15) is 18.9 Å². The van der Waals surface area contributed by atoms with Crippen molar-refractivity contribution in [3.63, 3.8) is 0 Å². The molecule has 0 fully saturated rings. The third kappa shape index (κ3) is 2.96. The van der Waals surface area contributed by atoms with Crippen molar-refractivity contribution in [3.8, 4) is 5.75 Å². The second kappa shape index (κ2) is 5.89. The van der Waals surface area contributed by atoms with Crippen LogP contribution in [0.4, 0.5) is 0 Å². The van der Waals surface area contributed by atoms with Crippen LogP contribution in [0.2, 0.25) is 0 Å². The molecule has 0 bridgehead atoms. The van der Waals surface area contributed by atoms with Gasteiger partial charge >= 0.3 is 0 Å². The SMILES string of the molecule is COCOc1ccc(C2=CCC(C)C(=O)N2C)cc1. The lowest BCUT2D eigenvalue weighted by Gasteiger charge is -2.28. The molecule has 0 spiro atoms. The average Bonchev–Trinajstić information content (AvgIpc) is 2.44. The van der Waals surface area contributed by atoms with Crippen LogP contribution in [0.3, 0.4) is 0 Å². The zero-order chi connectivity index (χ0) is 13.8. The van der Waals surface area contributed by atoms with E-state index in [0.29, 0.717) is 0 Å². The third-order valence-electron chi connectivity index (χ3n) is 3.27. The first-order valence-electron chi connectivity index (χ1n) is 6.33. The highest BCUT2D eigenvalue weighted by Gasteiger charge is 2.24. The predicted octanol–water partition coefficient (Wildman–Crippen LogP) is 2.51. The molecule has 0 N–H and O–H groups in total. The van der Waals surface area contributed by atoms with Gasteiger partial charge in [-0.05, 0) is 36.2 Å². The Balaban J connectivity index is 2.16. The standard InChI is InChI=1S/C15H19NO3/c1-11-4-9-14(16(2)15(11)17)12-5-7-13(8-6-12)19-10-18-3/h5-9,11H,4,10H2,1-3H3. The highest BCUT2D eigenvalue weighted by Crippen LogP contribution is 2.28. The number of methoxy groups -OCH3 is 1. The fourth-order valence-electron chi connectivity index (χ4n) is 2.14. The van der Waals surface area contributed by atoms with Gasteiger partial charge in [-0.3, -0.25) is 4.79 Å².